The highest BCUT2D eigenvalue weighted by Crippen LogP contribution is 2.19. The molecule has 6 atom stereocenters. The molecule has 0 radical (unpaired) electrons. The second-order valence-corrected chi connectivity index (χ2v) is 8.82. The number of aliphatic hydroxyl groups excluding tert-OH is 1. The molecule has 4 heteroatoms. The van der Waals surface area contributed by atoms with Crippen LogP contribution in [0, 0.1) is 23.7 Å². The summed E-state index contributed by atoms with van der Waals surface area (Å²) in [6, 6.07) is 0. The van der Waals surface area contributed by atoms with Gasteiger partial charge in [0.15, 0.2) is 0 Å². The number of Topliss-reactive ketones (excluding diaryl/α,β-unsaturated/α-hetero) is 1. The summed E-state index contributed by atoms with van der Waals surface area (Å²) in [6.07, 6.45) is 16.8. The average Bonchev–Trinajstić information content (AvgIpc) is 2.71. The second-order valence-electron chi connectivity index (χ2n) is 8.82. The van der Waals surface area contributed by atoms with Gasteiger partial charge < -0.3 is 9.84 Å². The van der Waals surface area contributed by atoms with E-state index in [9.17, 15) is 14.7 Å². The monoisotopic (exact) mass is 428 g/mol. The average molecular weight is 429 g/mol. The fraction of sp³-hybridized carbons (Fsp3) is 0.556. The third-order valence-corrected chi connectivity index (χ3v) is 5.74. The Bertz CT molecular complexity index is 751. The van der Waals surface area contributed by atoms with Gasteiger partial charge in [-0.25, -0.2) is 4.79 Å². The minimum Gasteiger partial charge on any atom is -0.454 e. The van der Waals surface area contributed by atoms with Crippen LogP contribution in [-0.4, -0.2) is 29.1 Å². The van der Waals surface area contributed by atoms with Crippen LogP contribution < -0.4 is 0 Å². The molecule has 0 aromatic rings. The molecular weight excluding hydrogens is 388 g/mol. The van der Waals surface area contributed by atoms with Gasteiger partial charge in [0.1, 0.15) is 11.9 Å². The third kappa shape index (κ3) is 9.65. The first-order valence-corrected chi connectivity index (χ1v) is 11.4. The van der Waals surface area contributed by atoms with E-state index in [1.54, 1.807) is 13.8 Å². The molecule has 172 valence electrons. The zero-order valence-corrected chi connectivity index (χ0v) is 20.2. The van der Waals surface area contributed by atoms with E-state index in [1.165, 1.54) is 11.6 Å². The first kappa shape index (κ1) is 26.8. The molecule has 31 heavy (non-hydrogen) atoms. The van der Waals surface area contributed by atoms with Crippen LogP contribution in [0.25, 0.3) is 0 Å². The van der Waals surface area contributed by atoms with Crippen molar-refractivity contribution in [3.8, 4) is 0 Å². The summed E-state index contributed by atoms with van der Waals surface area (Å²) in [4.78, 5) is 23.7. The lowest BCUT2D eigenvalue weighted by Gasteiger charge is -2.21. The third-order valence-electron chi connectivity index (χ3n) is 5.74. The number of ketones is 1. The van der Waals surface area contributed by atoms with Gasteiger partial charge in [-0.15, -0.1) is 0 Å². The Morgan fingerprint density at radius 3 is 2.48 bits per heavy atom. The molecule has 1 N–H and O–H groups in total. The molecule has 1 aliphatic rings. The van der Waals surface area contributed by atoms with Gasteiger partial charge in [0.05, 0.1) is 6.10 Å². The fourth-order valence-electron chi connectivity index (χ4n) is 3.43. The second kappa shape index (κ2) is 13.3. The van der Waals surface area contributed by atoms with Crippen LogP contribution >= 0.6 is 0 Å². The van der Waals surface area contributed by atoms with E-state index >= 15 is 0 Å². The Balaban J connectivity index is 2.65. The normalized spacial score (nSPS) is 24.3. The standard InChI is InChI=1S/C27H40O4/c1-8-24(13-14-25-20(4)12-15-26(29)31-25)17-19(3)11-9-10-18(2)16-21(5)27(30)22(6)23(7)28/h9-10,12-17,19-23,25,28H,8,11H2,1-7H3/t19-,20+,21-,22+,23-,25+/m1/s1. The molecule has 0 aliphatic carbocycles. The maximum atomic E-state index is 12.3. The zero-order chi connectivity index (χ0) is 23.6. The van der Waals surface area contributed by atoms with Gasteiger partial charge in [-0.3, -0.25) is 4.79 Å². The minimum absolute atomic E-state index is 0.0619. The molecule has 0 unspecified atom stereocenters. The van der Waals surface area contributed by atoms with Crippen molar-refractivity contribution in [1.29, 1.82) is 0 Å². The largest absolute Gasteiger partial charge is 0.454 e. The lowest BCUT2D eigenvalue weighted by atomic mass is 9.90. The molecule has 0 aromatic heterocycles. The lowest BCUT2D eigenvalue weighted by molar-refractivity contribution is -0.143. The number of hydrogen-bond donors (Lipinski definition) is 1. The van der Waals surface area contributed by atoms with Gasteiger partial charge >= 0.3 is 5.97 Å². The number of carbonyl (C=O) groups is 2. The van der Waals surface area contributed by atoms with E-state index in [0.29, 0.717) is 5.92 Å². The number of esters is 1. The first-order valence-electron chi connectivity index (χ1n) is 11.4. The number of aliphatic hydroxyl groups is 1. The maximum Gasteiger partial charge on any atom is 0.331 e. The van der Waals surface area contributed by atoms with Gasteiger partial charge in [0.2, 0.25) is 0 Å². The number of ether oxygens (including phenoxy) is 1. The predicted molar refractivity (Wildman–Crippen MR) is 127 cm³/mol. The highest BCUT2D eigenvalue weighted by molar-refractivity contribution is 5.85. The van der Waals surface area contributed by atoms with Gasteiger partial charge in [-0.2, -0.15) is 0 Å². The van der Waals surface area contributed by atoms with Crippen LogP contribution in [0.2, 0.25) is 0 Å². The molecule has 1 aliphatic heterocycles. The van der Waals surface area contributed by atoms with Crippen LogP contribution in [0.15, 0.2) is 59.8 Å². The van der Waals surface area contributed by atoms with Crippen molar-refractivity contribution in [2.75, 3.05) is 0 Å². The van der Waals surface area contributed by atoms with Crippen LogP contribution in [0.4, 0.5) is 0 Å². The number of rotatable bonds is 11. The highest BCUT2D eigenvalue weighted by Gasteiger charge is 2.22. The topological polar surface area (TPSA) is 63.6 Å². The molecule has 0 fully saturated rings. The summed E-state index contributed by atoms with van der Waals surface area (Å²) < 4.78 is 5.37. The molecule has 0 spiro atoms. The maximum absolute atomic E-state index is 12.3. The van der Waals surface area contributed by atoms with Crippen molar-refractivity contribution in [2.45, 2.75) is 73.5 Å². The van der Waals surface area contributed by atoms with Crippen LogP contribution in [0.1, 0.15) is 61.3 Å². The van der Waals surface area contributed by atoms with E-state index < -0.39 is 6.10 Å². The number of allylic oxidation sites excluding steroid dienone is 7. The van der Waals surface area contributed by atoms with Gasteiger partial charge in [0, 0.05) is 23.8 Å². The van der Waals surface area contributed by atoms with Crippen molar-refractivity contribution in [2.24, 2.45) is 23.7 Å². The molecule has 0 amide bonds. The van der Waals surface area contributed by atoms with E-state index in [0.717, 1.165) is 18.4 Å². The summed E-state index contributed by atoms with van der Waals surface area (Å²) in [7, 11) is 0. The minimum atomic E-state index is -0.626. The van der Waals surface area contributed by atoms with E-state index in [-0.39, 0.29) is 35.6 Å². The molecule has 4 nitrogen and oxygen atoms in total. The smallest absolute Gasteiger partial charge is 0.331 e. The van der Waals surface area contributed by atoms with Crippen molar-refractivity contribution >= 4 is 11.8 Å². The van der Waals surface area contributed by atoms with Crippen molar-refractivity contribution < 1.29 is 19.4 Å². The Morgan fingerprint density at radius 2 is 1.87 bits per heavy atom. The molecule has 0 saturated heterocycles. The number of carbonyl (C=O) groups excluding carboxylic acids is 2. The fourth-order valence-corrected chi connectivity index (χ4v) is 3.43. The van der Waals surface area contributed by atoms with E-state index in [4.69, 9.17) is 4.74 Å². The van der Waals surface area contributed by atoms with Gasteiger partial charge in [-0.05, 0) is 38.7 Å². The van der Waals surface area contributed by atoms with Crippen LogP contribution in [-0.2, 0) is 14.3 Å². The SMILES string of the molecule is CCC(C=C[C@@H]1OC(=O)C=C[C@@H]1C)=C[C@H](C)CC=CC(C)=C[C@@H](C)C(=O)[C@@H](C)[C@@H](C)O. The van der Waals surface area contributed by atoms with E-state index in [1.807, 2.05) is 39.0 Å². The molecular formula is C27H40O4. The molecule has 1 heterocycles. The number of hydrogen-bond acceptors (Lipinski definition) is 4. The molecule has 1 rings (SSSR count). The molecule has 0 bridgehead atoms. The summed E-state index contributed by atoms with van der Waals surface area (Å²) in [6.45, 7) is 13.6. The summed E-state index contributed by atoms with van der Waals surface area (Å²) in [5, 5.41) is 9.62. The predicted octanol–water partition coefficient (Wildman–Crippen LogP) is 5.75. The Hall–Kier alpha value is -2.20. The van der Waals surface area contributed by atoms with Crippen molar-refractivity contribution in [3.63, 3.8) is 0 Å². The van der Waals surface area contributed by atoms with Gasteiger partial charge in [-0.1, -0.05) is 82.2 Å². The summed E-state index contributed by atoms with van der Waals surface area (Å²) in [5.74, 6) is -0.247. The lowest BCUT2D eigenvalue weighted by Crippen LogP contribution is -2.27. The van der Waals surface area contributed by atoms with Gasteiger partial charge in [0.25, 0.3) is 0 Å². The van der Waals surface area contributed by atoms with E-state index in [2.05, 4.69) is 38.2 Å². The Morgan fingerprint density at radius 1 is 1.19 bits per heavy atom. The number of cyclic esters (lactones) is 1. The molecule has 0 aromatic carbocycles. The van der Waals surface area contributed by atoms with Crippen molar-refractivity contribution in [3.05, 3.63) is 59.8 Å². The molecule has 0 saturated carbocycles. The highest BCUT2D eigenvalue weighted by atomic mass is 16.5. The van der Waals surface area contributed by atoms with Crippen molar-refractivity contribution in [1.82, 2.24) is 0 Å². The Kier molecular flexibility index (Phi) is 11.5. The first-order chi connectivity index (χ1) is 14.5. The zero-order valence-electron chi connectivity index (χ0n) is 20.2. The summed E-state index contributed by atoms with van der Waals surface area (Å²) in [5.41, 5.74) is 2.27. The quantitative estimate of drug-likeness (QED) is 0.336. The summed E-state index contributed by atoms with van der Waals surface area (Å²) >= 11 is 0. The van der Waals surface area contributed by atoms with Crippen LogP contribution in [0.5, 0.6) is 0 Å². The van der Waals surface area contributed by atoms with Crippen LogP contribution in [0.3, 0.4) is 0 Å². The Labute approximate surface area is 188 Å².